The summed E-state index contributed by atoms with van der Waals surface area (Å²) < 4.78 is 27.2. The Bertz CT molecular complexity index is 572. The molecular formula is C15H14ClF2N. The zero-order valence-corrected chi connectivity index (χ0v) is 11.2. The highest BCUT2D eigenvalue weighted by molar-refractivity contribution is 6.30. The van der Waals surface area contributed by atoms with Crippen LogP contribution in [-0.4, -0.2) is 0 Å². The van der Waals surface area contributed by atoms with Gasteiger partial charge in [-0.25, -0.2) is 8.78 Å². The minimum Gasteiger partial charge on any atom is -0.306 e. The van der Waals surface area contributed by atoms with Crippen LogP contribution >= 0.6 is 11.6 Å². The van der Waals surface area contributed by atoms with Crippen molar-refractivity contribution in [3.63, 3.8) is 0 Å². The van der Waals surface area contributed by atoms with Gasteiger partial charge in [0.15, 0.2) is 0 Å². The van der Waals surface area contributed by atoms with E-state index < -0.39 is 0 Å². The van der Waals surface area contributed by atoms with Gasteiger partial charge in [0.1, 0.15) is 11.6 Å². The molecule has 1 N–H and O–H groups in total. The van der Waals surface area contributed by atoms with Gasteiger partial charge < -0.3 is 5.32 Å². The van der Waals surface area contributed by atoms with Gasteiger partial charge in [0.05, 0.1) is 0 Å². The molecule has 0 saturated heterocycles. The van der Waals surface area contributed by atoms with E-state index in [9.17, 15) is 8.78 Å². The smallest absolute Gasteiger partial charge is 0.129 e. The maximum atomic E-state index is 13.6. The van der Waals surface area contributed by atoms with Gasteiger partial charge in [-0.05, 0) is 25.1 Å². The Kier molecular flexibility index (Phi) is 4.51. The number of benzene rings is 2. The van der Waals surface area contributed by atoms with Gasteiger partial charge in [0.2, 0.25) is 0 Å². The molecule has 0 heterocycles. The lowest BCUT2D eigenvalue weighted by Gasteiger charge is -2.15. The molecule has 2 aromatic rings. The Labute approximate surface area is 116 Å². The van der Waals surface area contributed by atoms with Gasteiger partial charge in [0, 0.05) is 28.7 Å². The lowest BCUT2D eigenvalue weighted by atomic mass is 10.1. The summed E-state index contributed by atoms with van der Waals surface area (Å²) in [5.74, 6) is -0.625. The Morgan fingerprint density at radius 3 is 2.53 bits per heavy atom. The molecule has 0 amide bonds. The van der Waals surface area contributed by atoms with Crippen LogP contribution in [0.15, 0.2) is 42.5 Å². The van der Waals surface area contributed by atoms with Crippen molar-refractivity contribution in [2.75, 3.05) is 0 Å². The van der Waals surface area contributed by atoms with Crippen LogP contribution in [0.2, 0.25) is 5.02 Å². The summed E-state index contributed by atoms with van der Waals surface area (Å²) in [6.07, 6.45) is 0. The third-order valence-corrected chi connectivity index (χ3v) is 3.22. The molecule has 0 aliphatic carbocycles. The highest BCUT2D eigenvalue weighted by Crippen LogP contribution is 2.18. The average molecular weight is 282 g/mol. The molecule has 0 radical (unpaired) electrons. The molecule has 0 saturated carbocycles. The van der Waals surface area contributed by atoms with E-state index >= 15 is 0 Å². The Hall–Kier alpha value is -1.45. The molecule has 4 heteroatoms. The molecule has 0 unspecified atom stereocenters. The Morgan fingerprint density at radius 2 is 1.84 bits per heavy atom. The van der Waals surface area contributed by atoms with Crippen molar-refractivity contribution < 1.29 is 8.78 Å². The summed E-state index contributed by atoms with van der Waals surface area (Å²) >= 11 is 5.69. The molecule has 100 valence electrons. The predicted octanol–water partition coefficient (Wildman–Crippen LogP) is 4.47. The topological polar surface area (TPSA) is 12.0 Å². The van der Waals surface area contributed by atoms with Crippen molar-refractivity contribution in [1.29, 1.82) is 0 Å². The molecule has 19 heavy (non-hydrogen) atoms. The van der Waals surface area contributed by atoms with Gasteiger partial charge in [-0.3, -0.25) is 0 Å². The van der Waals surface area contributed by atoms with E-state index in [1.54, 1.807) is 30.3 Å². The molecule has 1 atom stereocenters. The molecule has 0 bridgehead atoms. The summed E-state index contributed by atoms with van der Waals surface area (Å²) in [5, 5.41) is 3.46. The molecule has 0 spiro atoms. The molecule has 0 aliphatic rings. The Balaban J connectivity index is 2.04. The second-order valence-electron chi connectivity index (χ2n) is 4.36. The van der Waals surface area contributed by atoms with Gasteiger partial charge in [-0.2, -0.15) is 0 Å². The maximum absolute atomic E-state index is 13.6. The zero-order chi connectivity index (χ0) is 13.8. The molecule has 0 aliphatic heterocycles. The summed E-state index contributed by atoms with van der Waals surface area (Å²) in [6, 6.07) is 10.9. The van der Waals surface area contributed by atoms with E-state index in [1.807, 2.05) is 6.92 Å². The highest BCUT2D eigenvalue weighted by Gasteiger charge is 2.10. The van der Waals surface area contributed by atoms with Crippen LogP contribution in [0.4, 0.5) is 8.78 Å². The van der Waals surface area contributed by atoms with Crippen LogP contribution < -0.4 is 5.32 Å². The summed E-state index contributed by atoms with van der Waals surface area (Å²) in [4.78, 5) is 0. The van der Waals surface area contributed by atoms with E-state index in [4.69, 9.17) is 11.6 Å². The second kappa shape index (κ2) is 6.13. The van der Waals surface area contributed by atoms with E-state index in [1.165, 1.54) is 12.1 Å². The first-order chi connectivity index (χ1) is 9.08. The van der Waals surface area contributed by atoms with Crippen molar-refractivity contribution in [3.05, 3.63) is 70.2 Å². The monoisotopic (exact) mass is 281 g/mol. The standard InChI is InChI=1S/C15H14ClF2N/c1-10(13-4-2-3-5-14(13)17)19-9-11-6-7-12(16)8-15(11)18/h2-8,10,19H,9H2,1H3/t10-/m1/s1. The molecular weight excluding hydrogens is 268 g/mol. The van der Waals surface area contributed by atoms with E-state index in [-0.39, 0.29) is 17.7 Å². The first-order valence-electron chi connectivity index (χ1n) is 5.99. The minimum absolute atomic E-state index is 0.198. The zero-order valence-electron chi connectivity index (χ0n) is 10.5. The lowest BCUT2D eigenvalue weighted by molar-refractivity contribution is 0.515. The van der Waals surface area contributed by atoms with Crippen LogP contribution in [0.1, 0.15) is 24.1 Å². The van der Waals surface area contributed by atoms with E-state index in [0.717, 1.165) is 0 Å². The highest BCUT2D eigenvalue weighted by atomic mass is 35.5. The van der Waals surface area contributed by atoms with Gasteiger partial charge in [-0.15, -0.1) is 0 Å². The van der Waals surface area contributed by atoms with Crippen LogP contribution in [0.25, 0.3) is 0 Å². The normalized spacial score (nSPS) is 12.4. The van der Waals surface area contributed by atoms with Gasteiger partial charge >= 0.3 is 0 Å². The summed E-state index contributed by atoms with van der Waals surface area (Å²) in [7, 11) is 0. The number of hydrogen-bond acceptors (Lipinski definition) is 1. The van der Waals surface area contributed by atoms with Crippen molar-refractivity contribution in [2.45, 2.75) is 19.5 Å². The van der Waals surface area contributed by atoms with E-state index in [2.05, 4.69) is 5.32 Å². The van der Waals surface area contributed by atoms with Crippen molar-refractivity contribution >= 4 is 11.6 Å². The fourth-order valence-electron chi connectivity index (χ4n) is 1.86. The minimum atomic E-state index is -0.360. The third-order valence-electron chi connectivity index (χ3n) is 2.99. The number of hydrogen-bond donors (Lipinski definition) is 1. The van der Waals surface area contributed by atoms with Crippen LogP contribution in [0.3, 0.4) is 0 Å². The molecule has 1 nitrogen and oxygen atoms in total. The molecule has 2 aromatic carbocycles. The lowest BCUT2D eigenvalue weighted by Crippen LogP contribution is -2.19. The number of rotatable bonds is 4. The fraction of sp³-hybridized carbons (Fsp3) is 0.200. The first-order valence-corrected chi connectivity index (χ1v) is 6.37. The van der Waals surface area contributed by atoms with Gasteiger partial charge in [0.25, 0.3) is 0 Å². The van der Waals surface area contributed by atoms with Gasteiger partial charge in [-0.1, -0.05) is 35.9 Å². The Morgan fingerprint density at radius 1 is 1.11 bits per heavy atom. The average Bonchev–Trinajstić information content (AvgIpc) is 2.38. The predicted molar refractivity (Wildman–Crippen MR) is 73.1 cm³/mol. The number of halogens is 3. The number of nitrogens with one attached hydrogen (secondary N) is 1. The van der Waals surface area contributed by atoms with Crippen LogP contribution in [0.5, 0.6) is 0 Å². The van der Waals surface area contributed by atoms with Crippen LogP contribution in [0, 0.1) is 11.6 Å². The van der Waals surface area contributed by atoms with E-state index in [0.29, 0.717) is 22.7 Å². The van der Waals surface area contributed by atoms with Crippen LogP contribution in [-0.2, 0) is 6.54 Å². The largest absolute Gasteiger partial charge is 0.306 e. The first kappa shape index (κ1) is 14.0. The quantitative estimate of drug-likeness (QED) is 0.872. The molecule has 0 aromatic heterocycles. The second-order valence-corrected chi connectivity index (χ2v) is 4.80. The maximum Gasteiger partial charge on any atom is 0.129 e. The van der Waals surface area contributed by atoms with Crippen molar-refractivity contribution in [1.82, 2.24) is 5.32 Å². The third kappa shape index (κ3) is 3.52. The molecule has 0 fully saturated rings. The molecule has 2 rings (SSSR count). The van der Waals surface area contributed by atoms with Crippen molar-refractivity contribution in [2.24, 2.45) is 0 Å². The summed E-state index contributed by atoms with van der Waals surface area (Å²) in [6.45, 7) is 2.16. The fourth-order valence-corrected chi connectivity index (χ4v) is 2.02. The summed E-state index contributed by atoms with van der Waals surface area (Å²) in [5.41, 5.74) is 1.07. The van der Waals surface area contributed by atoms with Crippen molar-refractivity contribution in [3.8, 4) is 0 Å². The SMILES string of the molecule is C[C@@H](NCc1ccc(Cl)cc1F)c1ccccc1F.